The third-order valence-corrected chi connectivity index (χ3v) is 4.23. The highest BCUT2D eigenvalue weighted by atomic mass is 19.1. The lowest BCUT2D eigenvalue weighted by molar-refractivity contribution is 0.217. The average Bonchev–Trinajstić information content (AvgIpc) is 2.70. The van der Waals surface area contributed by atoms with E-state index in [1.165, 1.54) is 12.1 Å². The van der Waals surface area contributed by atoms with Crippen LogP contribution in [0.5, 0.6) is 5.88 Å². The first-order chi connectivity index (χ1) is 13.2. The lowest BCUT2D eigenvalue weighted by atomic mass is 10.2. The molecule has 0 unspecified atom stereocenters. The molecule has 1 aromatic heterocycles. The van der Waals surface area contributed by atoms with Gasteiger partial charge in [-0.1, -0.05) is 38.0 Å². The highest BCUT2D eigenvalue weighted by Gasteiger charge is 2.10. The van der Waals surface area contributed by atoms with Gasteiger partial charge in [-0.15, -0.1) is 0 Å². The van der Waals surface area contributed by atoms with Crippen LogP contribution >= 0.6 is 0 Å². The van der Waals surface area contributed by atoms with Gasteiger partial charge in [-0.05, 0) is 43.3 Å². The van der Waals surface area contributed by atoms with E-state index >= 15 is 0 Å². The Balaban J connectivity index is 1.91. The van der Waals surface area contributed by atoms with Gasteiger partial charge in [0.25, 0.3) is 0 Å². The Morgan fingerprint density at radius 3 is 2.48 bits per heavy atom. The minimum absolute atomic E-state index is 0.337. The molecule has 0 spiro atoms. The standard InChI is InChI=1S/C22H22FN3O/c1-3-26(4-2)14-15-27-22-20(12-10-17-8-6-5-7-9-17)24-19-13-11-18(23)16-21(19)25-22/h5-9,11,13,16H,3-4,14-15H2,1-2H3. The number of halogens is 1. The van der Waals surface area contributed by atoms with Crippen molar-refractivity contribution in [1.82, 2.24) is 14.9 Å². The summed E-state index contributed by atoms with van der Waals surface area (Å²) in [7, 11) is 0. The van der Waals surface area contributed by atoms with E-state index in [4.69, 9.17) is 4.74 Å². The van der Waals surface area contributed by atoms with Gasteiger partial charge in [-0.2, -0.15) is 0 Å². The molecule has 27 heavy (non-hydrogen) atoms. The van der Waals surface area contributed by atoms with Crippen molar-refractivity contribution in [3.8, 4) is 17.7 Å². The van der Waals surface area contributed by atoms with Crippen LogP contribution in [-0.2, 0) is 0 Å². The molecule has 0 aliphatic carbocycles. The highest BCUT2D eigenvalue weighted by molar-refractivity contribution is 5.75. The second-order valence-electron chi connectivity index (χ2n) is 6.00. The van der Waals surface area contributed by atoms with E-state index in [0.717, 1.165) is 25.2 Å². The Labute approximate surface area is 159 Å². The summed E-state index contributed by atoms with van der Waals surface area (Å²) >= 11 is 0. The van der Waals surface area contributed by atoms with Crippen LogP contribution < -0.4 is 4.74 Å². The average molecular weight is 363 g/mol. The fraction of sp³-hybridized carbons (Fsp3) is 0.273. The van der Waals surface area contributed by atoms with Crippen LogP contribution in [0.2, 0.25) is 0 Å². The number of fused-ring (bicyclic) bond motifs is 1. The molecular formula is C22H22FN3O. The molecule has 0 fully saturated rings. The maximum Gasteiger partial charge on any atom is 0.249 e. The molecule has 0 aliphatic heterocycles. The smallest absolute Gasteiger partial charge is 0.249 e. The molecule has 0 radical (unpaired) electrons. The van der Waals surface area contributed by atoms with Gasteiger partial charge in [-0.3, -0.25) is 0 Å². The summed E-state index contributed by atoms with van der Waals surface area (Å²) in [6.45, 7) is 7.38. The maximum absolute atomic E-state index is 13.5. The zero-order valence-corrected chi connectivity index (χ0v) is 15.6. The van der Waals surface area contributed by atoms with Crippen molar-refractivity contribution in [1.29, 1.82) is 0 Å². The molecule has 5 heteroatoms. The molecule has 0 saturated carbocycles. The Kier molecular flexibility index (Phi) is 6.35. The molecule has 4 nitrogen and oxygen atoms in total. The minimum Gasteiger partial charge on any atom is -0.474 e. The molecule has 0 saturated heterocycles. The maximum atomic E-state index is 13.5. The van der Waals surface area contributed by atoms with Crippen LogP contribution in [0, 0.1) is 17.7 Å². The van der Waals surface area contributed by atoms with Crippen molar-refractivity contribution >= 4 is 11.0 Å². The van der Waals surface area contributed by atoms with Crippen LogP contribution in [0.1, 0.15) is 25.1 Å². The number of nitrogens with zero attached hydrogens (tertiary/aromatic N) is 3. The quantitative estimate of drug-likeness (QED) is 0.623. The largest absolute Gasteiger partial charge is 0.474 e. The molecule has 1 heterocycles. The molecule has 0 atom stereocenters. The van der Waals surface area contributed by atoms with E-state index < -0.39 is 0 Å². The zero-order valence-electron chi connectivity index (χ0n) is 15.6. The predicted octanol–water partition coefficient (Wildman–Crippen LogP) is 3.89. The molecule has 0 bridgehead atoms. The first-order valence-corrected chi connectivity index (χ1v) is 9.09. The van der Waals surface area contributed by atoms with Crippen molar-refractivity contribution in [2.24, 2.45) is 0 Å². The van der Waals surface area contributed by atoms with E-state index in [1.54, 1.807) is 6.07 Å². The number of hydrogen-bond donors (Lipinski definition) is 0. The van der Waals surface area contributed by atoms with Gasteiger partial charge < -0.3 is 9.64 Å². The van der Waals surface area contributed by atoms with Gasteiger partial charge in [0.05, 0.1) is 11.0 Å². The minimum atomic E-state index is -0.353. The lowest BCUT2D eigenvalue weighted by Gasteiger charge is -2.18. The second-order valence-corrected chi connectivity index (χ2v) is 6.00. The van der Waals surface area contributed by atoms with E-state index in [2.05, 4.69) is 40.6 Å². The molecular weight excluding hydrogens is 341 g/mol. The summed E-state index contributed by atoms with van der Waals surface area (Å²) in [6.07, 6.45) is 0. The summed E-state index contributed by atoms with van der Waals surface area (Å²) in [5.74, 6) is 6.11. The van der Waals surface area contributed by atoms with Crippen molar-refractivity contribution in [2.45, 2.75) is 13.8 Å². The summed E-state index contributed by atoms with van der Waals surface area (Å²) in [5, 5.41) is 0. The van der Waals surface area contributed by atoms with Crippen LogP contribution in [0.3, 0.4) is 0 Å². The third kappa shape index (κ3) is 5.02. The summed E-state index contributed by atoms with van der Waals surface area (Å²) in [4.78, 5) is 11.2. The van der Waals surface area contributed by atoms with Crippen molar-refractivity contribution in [3.05, 3.63) is 65.6 Å². The predicted molar refractivity (Wildman–Crippen MR) is 105 cm³/mol. The Morgan fingerprint density at radius 1 is 0.963 bits per heavy atom. The van der Waals surface area contributed by atoms with Crippen LogP contribution in [0.25, 0.3) is 11.0 Å². The van der Waals surface area contributed by atoms with Crippen molar-refractivity contribution in [3.63, 3.8) is 0 Å². The van der Waals surface area contributed by atoms with Crippen molar-refractivity contribution < 1.29 is 9.13 Å². The Morgan fingerprint density at radius 2 is 1.74 bits per heavy atom. The molecule has 3 rings (SSSR count). The molecule has 0 N–H and O–H groups in total. The van der Waals surface area contributed by atoms with Gasteiger partial charge in [0.1, 0.15) is 12.4 Å². The Hall–Kier alpha value is -2.97. The SMILES string of the molecule is CCN(CC)CCOc1nc2cc(F)ccc2nc1C#Cc1ccccc1. The van der Waals surface area contributed by atoms with Crippen LogP contribution in [-0.4, -0.2) is 41.1 Å². The van der Waals surface area contributed by atoms with Crippen LogP contribution in [0.4, 0.5) is 4.39 Å². The summed E-state index contributed by atoms with van der Waals surface area (Å²) < 4.78 is 19.4. The van der Waals surface area contributed by atoms with Gasteiger partial charge in [0.2, 0.25) is 5.88 Å². The Bertz CT molecular complexity index is 960. The van der Waals surface area contributed by atoms with E-state index in [-0.39, 0.29) is 5.82 Å². The van der Waals surface area contributed by atoms with E-state index in [0.29, 0.717) is 29.2 Å². The second kappa shape index (κ2) is 9.11. The number of rotatable bonds is 6. The summed E-state index contributed by atoms with van der Waals surface area (Å²) in [5.41, 5.74) is 2.38. The topological polar surface area (TPSA) is 38.2 Å². The zero-order chi connectivity index (χ0) is 19.1. The van der Waals surface area contributed by atoms with Gasteiger partial charge in [0, 0.05) is 18.2 Å². The molecule has 3 aromatic rings. The summed E-state index contributed by atoms with van der Waals surface area (Å²) in [6, 6.07) is 14.0. The number of likely N-dealkylation sites (N-methyl/N-ethyl adjacent to an activating group) is 1. The molecule has 2 aromatic carbocycles. The van der Waals surface area contributed by atoms with Crippen molar-refractivity contribution in [2.75, 3.05) is 26.2 Å². The monoisotopic (exact) mass is 363 g/mol. The fourth-order valence-corrected chi connectivity index (χ4v) is 2.66. The van der Waals surface area contributed by atoms with Gasteiger partial charge in [-0.25, -0.2) is 14.4 Å². The fourth-order valence-electron chi connectivity index (χ4n) is 2.66. The molecule has 0 aliphatic rings. The lowest BCUT2D eigenvalue weighted by Crippen LogP contribution is -2.28. The van der Waals surface area contributed by atoms with E-state index in [9.17, 15) is 4.39 Å². The third-order valence-electron chi connectivity index (χ3n) is 4.23. The highest BCUT2D eigenvalue weighted by Crippen LogP contribution is 2.19. The number of hydrogen-bond acceptors (Lipinski definition) is 4. The number of ether oxygens (including phenoxy) is 1. The normalized spacial score (nSPS) is 10.7. The van der Waals surface area contributed by atoms with E-state index in [1.807, 2.05) is 30.3 Å². The number of benzene rings is 2. The van der Waals surface area contributed by atoms with Crippen LogP contribution in [0.15, 0.2) is 48.5 Å². The van der Waals surface area contributed by atoms with Gasteiger partial charge >= 0.3 is 0 Å². The first-order valence-electron chi connectivity index (χ1n) is 9.09. The molecule has 0 amide bonds. The number of aromatic nitrogens is 2. The molecule has 138 valence electrons. The van der Waals surface area contributed by atoms with Gasteiger partial charge in [0.15, 0.2) is 5.69 Å². The first kappa shape index (κ1) is 18.8.